The number of hydrogen-bond acceptors (Lipinski definition) is 5. The molecule has 31 heavy (non-hydrogen) atoms. The summed E-state index contributed by atoms with van der Waals surface area (Å²) in [5.41, 5.74) is 3.69. The van der Waals surface area contributed by atoms with Gasteiger partial charge in [0.25, 0.3) is 0 Å². The van der Waals surface area contributed by atoms with Crippen molar-refractivity contribution in [2.75, 3.05) is 11.9 Å². The number of aromatic nitrogens is 1. The Labute approximate surface area is 185 Å². The van der Waals surface area contributed by atoms with Crippen LogP contribution >= 0.6 is 11.3 Å². The van der Waals surface area contributed by atoms with E-state index in [0.717, 1.165) is 31.8 Å². The van der Waals surface area contributed by atoms with Gasteiger partial charge in [0.1, 0.15) is 11.4 Å². The summed E-state index contributed by atoms with van der Waals surface area (Å²) in [4.78, 5) is 39.3. The molecule has 2 amide bonds. The van der Waals surface area contributed by atoms with Crippen molar-refractivity contribution in [3.63, 3.8) is 0 Å². The maximum Gasteiger partial charge on any atom is 0.357 e. The van der Waals surface area contributed by atoms with Crippen LogP contribution in [0.25, 0.3) is 10.2 Å². The molecule has 0 aliphatic heterocycles. The lowest BCUT2D eigenvalue weighted by Crippen LogP contribution is -2.28. The summed E-state index contributed by atoms with van der Waals surface area (Å²) < 4.78 is 6.89. The van der Waals surface area contributed by atoms with Crippen molar-refractivity contribution in [1.82, 2.24) is 9.88 Å². The first kappa shape index (κ1) is 22.6. The Morgan fingerprint density at radius 2 is 1.77 bits per heavy atom. The molecule has 0 radical (unpaired) electrons. The van der Waals surface area contributed by atoms with E-state index in [1.807, 2.05) is 45.0 Å². The fourth-order valence-electron chi connectivity index (χ4n) is 3.41. The van der Waals surface area contributed by atoms with Crippen LogP contribution in [-0.4, -0.2) is 29.0 Å². The monoisotopic (exact) mass is 441 g/mol. The number of ether oxygens (including phenoxy) is 1. The number of carbonyl (C=O) groups excluding carboxylic acids is 3. The molecule has 2 N–H and O–H groups in total. The Bertz CT molecular complexity index is 1140. The van der Waals surface area contributed by atoms with Crippen molar-refractivity contribution in [3.05, 3.63) is 51.5 Å². The molecule has 8 heteroatoms. The van der Waals surface area contributed by atoms with Gasteiger partial charge in [-0.15, -0.1) is 11.3 Å². The van der Waals surface area contributed by atoms with Gasteiger partial charge in [-0.05, 0) is 38.8 Å². The lowest BCUT2D eigenvalue weighted by atomic mass is 10.1. The molecule has 164 valence electrons. The minimum absolute atomic E-state index is 0.0600. The molecule has 2 aromatic heterocycles. The van der Waals surface area contributed by atoms with Crippen LogP contribution in [0.2, 0.25) is 0 Å². The normalized spacial score (nSPS) is 10.9. The highest BCUT2D eigenvalue weighted by atomic mass is 32.1. The van der Waals surface area contributed by atoms with E-state index in [9.17, 15) is 14.4 Å². The Morgan fingerprint density at radius 3 is 2.39 bits per heavy atom. The van der Waals surface area contributed by atoms with E-state index < -0.39 is 5.97 Å². The summed E-state index contributed by atoms with van der Waals surface area (Å²) in [6.45, 7) is 9.55. The zero-order chi connectivity index (χ0) is 22.7. The Kier molecular flexibility index (Phi) is 6.80. The molecule has 0 saturated carbocycles. The van der Waals surface area contributed by atoms with Crippen molar-refractivity contribution in [2.24, 2.45) is 0 Å². The van der Waals surface area contributed by atoms with Crippen molar-refractivity contribution in [3.8, 4) is 0 Å². The molecule has 0 aliphatic carbocycles. The molecule has 3 rings (SSSR count). The highest BCUT2D eigenvalue weighted by molar-refractivity contribution is 7.19. The second-order valence-corrected chi connectivity index (χ2v) is 8.64. The minimum Gasteiger partial charge on any atom is -0.461 e. The maximum absolute atomic E-state index is 12.8. The number of nitrogens with zero attached hydrogens (tertiary/aromatic N) is 1. The summed E-state index contributed by atoms with van der Waals surface area (Å²) in [5, 5.41) is 6.46. The molecule has 1 aromatic carbocycles. The van der Waals surface area contributed by atoms with Crippen LogP contribution in [0.5, 0.6) is 0 Å². The Hall–Kier alpha value is -3.13. The fraction of sp³-hybridized carbons (Fsp3) is 0.348. The summed E-state index contributed by atoms with van der Waals surface area (Å²) in [6.07, 6.45) is 0. The number of thiophene rings is 1. The van der Waals surface area contributed by atoms with Crippen LogP contribution < -0.4 is 10.6 Å². The number of benzene rings is 1. The number of hydrogen-bond donors (Lipinski definition) is 2. The van der Waals surface area contributed by atoms with E-state index in [1.54, 1.807) is 11.5 Å². The molecule has 0 atom stereocenters. The summed E-state index contributed by atoms with van der Waals surface area (Å²) in [5.74, 6) is -1.10. The van der Waals surface area contributed by atoms with E-state index in [2.05, 4.69) is 10.6 Å². The maximum atomic E-state index is 12.8. The molecule has 7 nitrogen and oxygen atoms in total. The number of esters is 1. The van der Waals surface area contributed by atoms with E-state index in [1.165, 1.54) is 18.3 Å². The predicted molar refractivity (Wildman–Crippen MR) is 123 cm³/mol. The minimum atomic E-state index is -0.571. The van der Waals surface area contributed by atoms with Gasteiger partial charge < -0.3 is 19.9 Å². The highest BCUT2D eigenvalue weighted by Crippen LogP contribution is 2.40. The van der Waals surface area contributed by atoms with Crippen LogP contribution in [0.15, 0.2) is 24.3 Å². The van der Waals surface area contributed by atoms with Crippen molar-refractivity contribution in [2.45, 2.75) is 47.7 Å². The van der Waals surface area contributed by atoms with Gasteiger partial charge >= 0.3 is 5.97 Å². The highest BCUT2D eigenvalue weighted by Gasteiger charge is 2.28. The van der Waals surface area contributed by atoms with Gasteiger partial charge in [-0.1, -0.05) is 29.8 Å². The number of anilines is 1. The standard InChI is InChI=1S/C23H27N3O4S/c1-6-30-23(29)21-20(25-16(5)27)19-14(3)15(4)31-22(19)26(21)12-18(28)24-11-17-9-7-13(2)8-10-17/h7-10H,6,11-12H2,1-5H3,(H,24,28)(H,25,27). The molecule has 0 spiro atoms. The Morgan fingerprint density at radius 1 is 1.10 bits per heavy atom. The quantitative estimate of drug-likeness (QED) is 0.541. The van der Waals surface area contributed by atoms with Gasteiger partial charge in [0.2, 0.25) is 11.8 Å². The fourth-order valence-corrected chi connectivity index (χ4v) is 4.58. The average molecular weight is 442 g/mol. The van der Waals surface area contributed by atoms with E-state index >= 15 is 0 Å². The summed E-state index contributed by atoms with van der Waals surface area (Å²) in [7, 11) is 0. The Balaban J connectivity index is 1.98. The number of nitrogens with one attached hydrogen (secondary N) is 2. The smallest absolute Gasteiger partial charge is 0.357 e. The van der Waals surface area contributed by atoms with Crippen LogP contribution in [-0.2, 0) is 27.4 Å². The van der Waals surface area contributed by atoms with Crippen LogP contribution in [0, 0.1) is 20.8 Å². The molecule has 0 saturated heterocycles. The molecular formula is C23H27N3O4S. The third kappa shape index (κ3) is 4.80. The molecule has 2 heterocycles. The van der Waals surface area contributed by atoms with Gasteiger partial charge in [0.15, 0.2) is 5.69 Å². The molecule has 0 bridgehead atoms. The van der Waals surface area contributed by atoms with Crippen LogP contribution in [0.3, 0.4) is 0 Å². The first-order valence-electron chi connectivity index (χ1n) is 10.1. The van der Waals surface area contributed by atoms with Gasteiger partial charge in [-0.2, -0.15) is 0 Å². The number of amides is 2. The molecule has 0 fully saturated rings. The van der Waals surface area contributed by atoms with E-state index in [-0.39, 0.29) is 30.7 Å². The van der Waals surface area contributed by atoms with E-state index in [4.69, 9.17) is 4.74 Å². The molecule has 0 unspecified atom stereocenters. The first-order chi connectivity index (χ1) is 14.7. The van der Waals surface area contributed by atoms with Crippen LogP contribution in [0.1, 0.15) is 45.9 Å². The topological polar surface area (TPSA) is 89.4 Å². The predicted octanol–water partition coefficient (Wildman–Crippen LogP) is 4.08. The van der Waals surface area contributed by atoms with E-state index in [0.29, 0.717) is 12.2 Å². The van der Waals surface area contributed by atoms with Crippen LogP contribution in [0.4, 0.5) is 5.69 Å². The van der Waals surface area contributed by atoms with Crippen molar-refractivity contribution in [1.29, 1.82) is 0 Å². The zero-order valence-electron chi connectivity index (χ0n) is 18.4. The SMILES string of the molecule is CCOC(=O)c1c(NC(C)=O)c2c(C)c(C)sc2n1CC(=O)NCc1ccc(C)cc1. The lowest BCUT2D eigenvalue weighted by Gasteiger charge is -2.12. The van der Waals surface area contributed by atoms with Gasteiger partial charge in [0.05, 0.1) is 12.3 Å². The van der Waals surface area contributed by atoms with Crippen molar-refractivity contribution < 1.29 is 19.1 Å². The number of aryl methyl sites for hydroxylation is 3. The largest absolute Gasteiger partial charge is 0.461 e. The van der Waals surface area contributed by atoms with Gasteiger partial charge in [-0.25, -0.2) is 4.79 Å². The molecule has 3 aromatic rings. The average Bonchev–Trinajstić information content (AvgIpc) is 3.15. The summed E-state index contributed by atoms with van der Waals surface area (Å²) >= 11 is 1.48. The second-order valence-electron chi connectivity index (χ2n) is 7.44. The third-order valence-electron chi connectivity index (χ3n) is 5.05. The first-order valence-corrected chi connectivity index (χ1v) is 10.9. The summed E-state index contributed by atoms with van der Waals surface area (Å²) in [6, 6.07) is 7.92. The van der Waals surface area contributed by atoms with Gasteiger partial charge in [-0.3, -0.25) is 9.59 Å². The third-order valence-corrected chi connectivity index (χ3v) is 6.28. The number of fused-ring (bicyclic) bond motifs is 1. The second kappa shape index (κ2) is 9.34. The number of carbonyl (C=O) groups is 3. The zero-order valence-corrected chi connectivity index (χ0v) is 19.2. The lowest BCUT2D eigenvalue weighted by molar-refractivity contribution is -0.121. The molecule has 0 aliphatic rings. The van der Waals surface area contributed by atoms with Gasteiger partial charge in [0, 0.05) is 23.7 Å². The van der Waals surface area contributed by atoms with Crippen molar-refractivity contribution >= 4 is 45.0 Å². The number of rotatable bonds is 7. The molecular weight excluding hydrogens is 414 g/mol.